The first-order valence-corrected chi connectivity index (χ1v) is 8.37. The first-order valence-electron chi connectivity index (χ1n) is 8.37. The van der Waals surface area contributed by atoms with Gasteiger partial charge in [-0.15, -0.1) is 0 Å². The maximum atomic E-state index is 12.4. The highest BCUT2D eigenvalue weighted by molar-refractivity contribution is 5.80. The van der Waals surface area contributed by atoms with Crippen LogP contribution in [0.4, 0.5) is 0 Å². The molecular formula is C18H24N2O3. The van der Waals surface area contributed by atoms with E-state index in [2.05, 4.69) is 29.6 Å². The van der Waals surface area contributed by atoms with Crippen LogP contribution in [0, 0.1) is 12.8 Å². The van der Waals surface area contributed by atoms with Gasteiger partial charge in [-0.1, -0.05) is 29.8 Å². The fraction of sp³-hybridized carbons (Fsp3) is 0.556. The molecule has 2 fully saturated rings. The van der Waals surface area contributed by atoms with E-state index in [0.29, 0.717) is 18.9 Å². The summed E-state index contributed by atoms with van der Waals surface area (Å²) in [5.41, 5.74) is 2.35. The molecule has 2 atom stereocenters. The number of aryl methyl sites for hydroxylation is 1. The Balaban J connectivity index is 1.63. The zero-order chi connectivity index (χ0) is 16.4. The molecule has 0 spiro atoms. The molecule has 0 bridgehead atoms. The summed E-state index contributed by atoms with van der Waals surface area (Å²) in [5, 5.41) is 12.3. The predicted molar refractivity (Wildman–Crippen MR) is 87.0 cm³/mol. The van der Waals surface area contributed by atoms with Gasteiger partial charge < -0.3 is 10.4 Å². The number of nitrogens with zero attached hydrogens (tertiary/aromatic N) is 1. The van der Waals surface area contributed by atoms with Crippen LogP contribution in [0.15, 0.2) is 24.3 Å². The lowest BCUT2D eigenvalue weighted by Gasteiger charge is -2.23. The van der Waals surface area contributed by atoms with E-state index < -0.39 is 12.0 Å². The van der Waals surface area contributed by atoms with Crippen LogP contribution in [-0.4, -0.2) is 41.0 Å². The van der Waals surface area contributed by atoms with Gasteiger partial charge in [-0.2, -0.15) is 0 Å². The van der Waals surface area contributed by atoms with Crippen molar-refractivity contribution < 1.29 is 14.7 Å². The van der Waals surface area contributed by atoms with Crippen molar-refractivity contribution in [3.8, 4) is 0 Å². The Morgan fingerprint density at radius 2 is 1.96 bits per heavy atom. The summed E-state index contributed by atoms with van der Waals surface area (Å²) < 4.78 is 0. The van der Waals surface area contributed by atoms with Gasteiger partial charge in [0, 0.05) is 0 Å². The number of rotatable bonds is 6. The van der Waals surface area contributed by atoms with Gasteiger partial charge in [0.15, 0.2) is 0 Å². The summed E-state index contributed by atoms with van der Waals surface area (Å²) in [4.78, 5) is 25.4. The third-order valence-corrected chi connectivity index (χ3v) is 4.84. The zero-order valence-electron chi connectivity index (χ0n) is 13.5. The lowest BCUT2D eigenvalue weighted by Crippen LogP contribution is -2.44. The molecular weight excluding hydrogens is 292 g/mol. The molecule has 1 heterocycles. The first kappa shape index (κ1) is 16.0. The highest BCUT2D eigenvalue weighted by Crippen LogP contribution is 2.41. The molecule has 2 aliphatic rings. The maximum Gasteiger partial charge on any atom is 0.320 e. The number of likely N-dealkylation sites (tertiary alicyclic amines) is 1. The molecule has 5 heteroatoms. The van der Waals surface area contributed by atoms with E-state index in [1.807, 2.05) is 6.92 Å². The van der Waals surface area contributed by atoms with Crippen LogP contribution in [0.5, 0.6) is 0 Å². The van der Waals surface area contributed by atoms with Crippen molar-refractivity contribution in [1.29, 1.82) is 0 Å². The third kappa shape index (κ3) is 3.91. The molecule has 1 aliphatic carbocycles. The summed E-state index contributed by atoms with van der Waals surface area (Å²) in [6.45, 7) is 2.91. The third-order valence-electron chi connectivity index (χ3n) is 4.84. The van der Waals surface area contributed by atoms with E-state index in [1.165, 1.54) is 5.56 Å². The highest BCUT2D eigenvalue weighted by Gasteiger charge is 2.35. The normalized spacial score (nSPS) is 22.7. The van der Waals surface area contributed by atoms with Crippen molar-refractivity contribution in [3.05, 3.63) is 35.4 Å². The SMILES string of the molecule is Cc1ccc([C@@H](NC(=O)CN2CCC[C@@H]2C(=O)O)C2CC2)cc1. The Morgan fingerprint density at radius 3 is 2.57 bits per heavy atom. The molecule has 23 heavy (non-hydrogen) atoms. The number of aliphatic carboxylic acids is 1. The maximum absolute atomic E-state index is 12.4. The Bertz CT molecular complexity index is 580. The van der Waals surface area contributed by atoms with Gasteiger partial charge >= 0.3 is 5.97 Å². The predicted octanol–water partition coefficient (Wildman–Crippen LogP) is 2.11. The number of carbonyl (C=O) groups is 2. The van der Waals surface area contributed by atoms with Crippen LogP contribution in [0.25, 0.3) is 0 Å². The minimum atomic E-state index is -0.826. The van der Waals surface area contributed by atoms with Crippen molar-refractivity contribution in [2.24, 2.45) is 5.92 Å². The average molecular weight is 316 g/mol. The number of carboxylic acids is 1. The monoisotopic (exact) mass is 316 g/mol. The molecule has 0 unspecified atom stereocenters. The number of nitrogens with one attached hydrogen (secondary N) is 1. The fourth-order valence-electron chi connectivity index (χ4n) is 3.38. The van der Waals surface area contributed by atoms with E-state index in [-0.39, 0.29) is 18.5 Å². The fourth-order valence-corrected chi connectivity index (χ4v) is 3.38. The molecule has 124 valence electrons. The van der Waals surface area contributed by atoms with Gasteiger partial charge in [0.25, 0.3) is 0 Å². The number of hydrogen-bond donors (Lipinski definition) is 2. The van der Waals surface area contributed by atoms with Crippen LogP contribution in [0.2, 0.25) is 0 Å². The second-order valence-corrected chi connectivity index (χ2v) is 6.76. The second kappa shape index (κ2) is 6.71. The molecule has 5 nitrogen and oxygen atoms in total. The van der Waals surface area contributed by atoms with Gasteiger partial charge in [0.2, 0.25) is 5.91 Å². The van der Waals surface area contributed by atoms with Gasteiger partial charge in [-0.25, -0.2) is 0 Å². The van der Waals surface area contributed by atoms with Crippen molar-refractivity contribution >= 4 is 11.9 Å². The lowest BCUT2D eigenvalue weighted by atomic mass is 10.0. The Morgan fingerprint density at radius 1 is 1.26 bits per heavy atom. The number of amides is 1. The molecule has 0 aromatic heterocycles. The van der Waals surface area contributed by atoms with Gasteiger partial charge in [-0.3, -0.25) is 14.5 Å². The number of carboxylic acid groups (broad SMARTS) is 1. The van der Waals surface area contributed by atoms with E-state index in [1.54, 1.807) is 4.90 Å². The zero-order valence-corrected chi connectivity index (χ0v) is 13.5. The van der Waals surface area contributed by atoms with Crippen LogP contribution < -0.4 is 5.32 Å². The first-order chi connectivity index (χ1) is 11.0. The quantitative estimate of drug-likeness (QED) is 0.843. The van der Waals surface area contributed by atoms with Crippen molar-refractivity contribution in [3.63, 3.8) is 0 Å². The number of benzene rings is 1. The standard InChI is InChI=1S/C18H24N2O3/c1-12-4-6-13(7-5-12)17(14-8-9-14)19-16(21)11-20-10-2-3-15(20)18(22)23/h4-7,14-15,17H,2-3,8-11H2,1H3,(H,19,21)(H,22,23)/t15-,17-/m1/s1. The Kier molecular flexibility index (Phi) is 4.66. The van der Waals surface area contributed by atoms with Gasteiger partial charge in [0.05, 0.1) is 12.6 Å². The van der Waals surface area contributed by atoms with Crippen LogP contribution in [0.3, 0.4) is 0 Å². The minimum Gasteiger partial charge on any atom is -0.480 e. The van der Waals surface area contributed by atoms with Gasteiger partial charge in [0.1, 0.15) is 6.04 Å². The topological polar surface area (TPSA) is 69.6 Å². The summed E-state index contributed by atoms with van der Waals surface area (Å²) in [6.07, 6.45) is 3.75. The van der Waals surface area contributed by atoms with Crippen LogP contribution in [-0.2, 0) is 9.59 Å². The lowest BCUT2D eigenvalue weighted by molar-refractivity contribution is -0.142. The second-order valence-electron chi connectivity index (χ2n) is 6.76. The summed E-state index contributed by atoms with van der Waals surface area (Å²) in [7, 11) is 0. The number of carbonyl (C=O) groups excluding carboxylic acids is 1. The molecule has 1 saturated carbocycles. The van der Waals surface area contributed by atoms with Crippen molar-refractivity contribution in [2.45, 2.75) is 44.7 Å². The average Bonchev–Trinajstić information content (AvgIpc) is 3.25. The molecule has 3 rings (SSSR count). The minimum absolute atomic E-state index is 0.0500. The van der Waals surface area contributed by atoms with Gasteiger partial charge in [-0.05, 0) is 50.6 Å². The summed E-state index contributed by atoms with van der Waals surface area (Å²) in [6, 6.07) is 7.83. The van der Waals surface area contributed by atoms with Crippen molar-refractivity contribution in [2.75, 3.05) is 13.1 Å². The number of hydrogen-bond acceptors (Lipinski definition) is 3. The summed E-state index contributed by atoms with van der Waals surface area (Å²) >= 11 is 0. The molecule has 1 saturated heterocycles. The molecule has 1 aliphatic heterocycles. The largest absolute Gasteiger partial charge is 0.480 e. The molecule has 0 radical (unpaired) electrons. The highest BCUT2D eigenvalue weighted by atomic mass is 16.4. The van der Waals surface area contributed by atoms with Crippen LogP contribution >= 0.6 is 0 Å². The molecule has 1 aromatic rings. The smallest absolute Gasteiger partial charge is 0.320 e. The Hall–Kier alpha value is -1.88. The van der Waals surface area contributed by atoms with E-state index >= 15 is 0 Å². The van der Waals surface area contributed by atoms with E-state index in [0.717, 1.165) is 24.8 Å². The van der Waals surface area contributed by atoms with Crippen molar-refractivity contribution in [1.82, 2.24) is 10.2 Å². The molecule has 1 aromatic carbocycles. The Labute approximate surface area is 136 Å². The van der Waals surface area contributed by atoms with E-state index in [4.69, 9.17) is 0 Å². The summed E-state index contributed by atoms with van der Waals surface area (Å²) in [5.74, 6) is -0.390. The molecule has 1 amide bonds. The molecule has 2 N–H and O–H groups in total. The van der Waals surface area contributed by atoms with E-state index in [9.17, 15) is 14.7 Å². The van der Waals surface area contributed by atoms with Crippen LogP contribution in [0.1, 0.15) is 42.9 Å².